The molecule has 3 unspecified atom stereocenters. The van der Waals surface area contributed by atoms with E-state index in [-0.39, 0.29) is 82.9 Å². The maximum atomic E-state index is 12.8. The van der Waals surface area contributed by atoms with Crippen molar-refractivity contribution in [3.63, 3.8) is 0 Å². The number of hydrogen-bond donors (Lipinski definition) is 5. The minimum atomic E-state index is -3.83. The second-order valence-corrected chi connectivity index (χ2v) is 16.7. The molecule has 1 saturated heterocycles. The Labute approximate surface area is 217 Å². The highest BCUT2D eigenvalue weighted by Crippen LogP contribution is 2.44. The Bertz CT molecular complexity index is 880. The molecule has 37 heavy (non-hydrogen) atoms. The van der Waals surface area contributed by atoms with Crippen molar-refractivity contribution in [2.24, 2.45) is 0 Å². The summed E-state index contributed by atoms with van der Waals surface area (Å²) in [7, 11) is -11.4. The van der Waals surface area contributed by atoms with Crippen molar-refractivity contribution in [2.75, 3.05) is 76.6 Å². The topological polar surface area (TPSA) is 213 Å². The first-order valence-corrected chi connectivity index (χ1v) is 18.2. The van der Waals surface area contributed by atoms with E-state index in [4.69, 9.17) is 10.2 Å². The lowest BCUT2D eigenvalue weighted by Crippen LogP contribution is -2.37. The van der Waals surface area contributed by atoms with Gasteiger partial charge in [0.15, 0.2) is 0 Å². The second-order valence-electron chi connectivity index (χ2n) is 9.42. The molecule has 0 bridgehead atoms. The SMILES string of the molecule is CCC(=O)CCP(=O)(O)CN1CCN(CP(=O)(O)CCC(=O)O)CCN(CP(=O)(O)CCC(=O)O)CC1. The van der Waals surface area contributed by atoms with Crippen LogP contribution < -0.4 is 0 Å². The van der Waals surface area contributed by atoms with E-state index < -0.39 is 59.2 Å². The first kappa shape index (κ1) is 34.1. The molecule has 0 amide bonds. The Hall–Kier alpha value is -0.940. The minimum absolute atomic E-state index is 0.0229. The molecule has 0 saturated carbocycles. The Morgan fingerprint density at radius 1 is 0.595 bits per heavy atom. The molecule has 1 aliphatic heterocycles. The summed E-state index contributed by atoms with van der Waals surface area (Å²) in [6.45, 7) is 3.05. The van der Waals surface area contributed by atoms with E-state index in [1.54, 1.807) is 21.6 Å². The van der Waals surface area contributed by atoms with Gasteiger partial charge < -0.3 is 24.9 Å². The standard InChI is InChI=1S/C20H40N3O11P3/c1-2-18(24)3-12-35(29,30)15-21-6-8-22(16-36(31,32)13-4-19(25)26)10-11-23(9-7-21)17-37(33,34)14-5-20(27)28/h2-17H2,1H3,(H,25,26)(H,27,28)(H,29,30)(H,31,32)(H,33,34). The van der Waals surface area contributed by atoms with Gasteiger partial charge in [-0.15, -0.1) is 0 Å². The molecule has 1 aliphatic rings. The van der Waals surface area contributed by atoms with Crippen LogP contribution in [0.25, 0.3) is 0 Å². The fourth-order valence-electron chi connectivity index (χ4n) is 3.77. The Balaban J connectivity index is 3.00. The van der Waals surface area contributed by atoms with E-state index in [1.165, 1.54) is 0 Å². The summed E-state index contributed by atoms with van der Waals surface area (Å²) in [6, 6.07) is 0. The Morgan fingerprint density at radius 2 is 0.865 bits per heavy atom. The highest BCUT2D eigenvalue weighted by molar-refractivity contribution is 7.58. The van der Waals surface area contributed by atoms with Gasteiger partial charge in [-0.3, -0.25) is 42.8 Å². The molecule has 0 radical (unpaired) electrons. The zero-order chi connectivity index (χ0) is 28.3. The van der Waals surface area contributed by atoms with Crippen molar-refractivity contribution in [2.45, 2.75) is 32.6 Å². The number of carboxylic acid groups (broad SMARTS) is 2. The molecular formula is C20H40N3O11P3. The molecule has 216 valence electrons. The largest absolute Gasteiger partial charge is 0.481 e. The number of rotatable bonds is 16. The number of carbonyl (C=O) groups excluding carboxylic acids is 1. The number of carbonyl (C=O) groups is 3. The van der Waals surface area contributed by atoms with Crippen LogP contribution in [0.5, 0.6) is 0 Å². The first-order valence-electron chi connectivity index (χ1n) is 12.1. The van der Waals surface area contributed by atoms with E-state index in [9.17, 15) is 42.8 Å². The van der Waals surface area contributed by atoms with Crippen LogP contribution in [0.15, 0.2) is 0 Å². The summed E-state index contributed by atoms with van der Waals surface area (Å²) in [4.78, 5) is 69.2. The molecule has 14 nitrogen and oxygen atoms in total. The average molecular weight is 591 g/mol. The van der Waals surface area contributed by atoms with E-state index in [1.807, 2.05) is 0 Å². The average Bonchev–Trinajstić information content (AvgIpc) is 2.86. The normalized spacial score (nSPS) is 21.5. The maximum Gasteiger partial charge on any atom is 0.303 e. The van der Waals surface area contributed by atoms with Crippen LogP contribution >= 0.6 is 22.1 Å². The predicted octanol–water partition coefficient (Wildman–Crippen LogP) is 0.908. The van der Waals surface area contributed by atoms with Gasteiger partial charge in [0.05, 0.1) is 31.7 Å². The van der Waals surface area contributed by atoms with Gasteiger partial charge in [-0.2, -0.15) is 0 Å². The molecule has 3 atom stereocenters. The smallest absolute Gasteiger partial charge is 0.303 e. The molecule has 0 aromatic carbocycles. The fraction of sp³-hybridized carbons (Fsp3) is 0.850. The highest BCUT2D eigenvalue weighted by Gasteiger charge is 2.30. The lowest BCUT2D eigenvalue weighted by atomic mass is 10.2. The number of Topliss-reactive ketones (excluding diaryl/α,β-unsaturated/α-hetero) is 1. The zero-order valence-corrected chi connectivity index (χ0v) is 23.9. The quantitative estimate of drug-likeness (QED) is 0.158. The Morgan fingerprint density at radius 3 is 1.11 bits per heavy atom. The van der Waals surface area contributed by atoms with E-state index in [2.05, 4.69) is 0 Å². The number of aliphatic carboxylic acids is 2. The van der Waals surface area contributed by atoms with Gasteiger partial charge >= 0.3 is 11.9 Å². The molecule has 1 fully saturated rings. The molecule has 0 spiro atoms. The van der Waals surface area contributed by atoms with Crippen molar-refractivity contribution >= 4 is 39.8 Å². The van der Waals surface area contributed by atoms with E-state index >= 15 is 0 Å². The summed E-state index contributed by atoms with van der Waals surface area (Å²) in [5.41, 5.74) is 0. The number of carboxylic acids is 2. The fourth-order valence-corrected chi connectivity index (χ4v) is 8.60. The molecule has 5 N–H and O–H groups in total. The van der Waals surface area contributed by atoms with Gasteiger partial charge in [0.1, 0.15) is 5.78 Å². The summed E-state index contributed by atoms with van der Waals surface area (Å²) in [5.74, 6) is -2.52. The van der Waals surface area contributed by atoms with Gasteiger partial charge in [-0.25, -0.2) is 0 Å². The van der Waals surface area contributed by atoms with Crippen molar-refractivity contribution in [1.29, 1.82) is 0 Å². The monoisotopic (exact) mass is 591 g/mol. The van der Waals surface area contributed by atoms with Crippen LogP contribution in [-0.4, -0.2) is 134 Å². The van der Waals surface area contributed by atoms with Gasteiger partial charge in [-0.05, 0) is 0 Å². The summed E-state index contributed by atoms with van der Waals surface area (Å²) in [5, 5.41) is 17.7. The second kappa shape index (κ2) is 15.6. The third kappa shape index (κ3) is 15.9. The number of nitrogens with zero attached hydrogens (tertiary/aromatic N) is 3. The third-order valence-electron chi connectivity index (χ3n) is 5.94. The highest BCUT2D eigenvalue weighted by atomic mass is 31.2. The number of hydrogen-bond acceptors (Lipinski definition) is 9. The molecular weight excluding hydrogens is 551 g/mol. The zero-order valence-electron chi connectivity index (χ0n) is 21.2. The van der Waals surface area contributed by atoms with Gasteiger partial charge in [0.2, 0.25) is 22.1 Å². The van der Waals surface area contributed by atoms with Gasteiger partial charge in [0, 0.05) is 70.6 Å². The molecule has 0 aliphatic carbocycles. The summed E-state index contributed by atoms with van der Waals surface area (Å²) >= 11 is 0. The molecule has 0 aromatic heterocycles. The van der Waals surface area contributed by atoms with Crippen molar-refractivity contribution < 1.29 is 53.0 Å². The third-order valence-corrected chi connectivity index (χ3v) is 11.2. The van der Waals surface area contributed by atoms with Crippen molar-refractivity contribution in [3.8, 4) is 0 Å². The van der Waals surface area contributed by atoms with Gasteiger partial charge in [-0.1, -0.05) is 6.92 Å². The van der Waals surface area contributed by atoms with Crippen LogP contribution in [-0.2, 0) is 28.1 Å². The molecule has 17 heteroatoms. The van der Waals surface area contributed by atoms with E-state index in [0.717, 1.165) is 0 Å². The molecule has 1 rings (SSSR count). The van der Waals surface area contributed by atoms with Crippen LogP contribution in [0.2, 0.25) is 0 Å². The van der Waals surface area contributed by atoms with Crippen LogP contribution in [0, 0.1) is 0 Å². The number of ketones is 1. The van der Waals surface area contributed by atoms with Crippen LogP contribution in [0.1, 0.15) is 32.6 Å². The van der Waals surface area contributed by atoms with Gasteiger partial charge in [0.25, 0.3) is 0 Å². The lowest BCUT2D eigenvalue weighted by molar-refractivity contribution is -0.137. The van der Waals surface area contributed by atoms with Crippen molar-refractivity contribution in [3.05, 3.63) is 0 Å². The minimum Gasteiger partial charge on any atom is -0.481 e. The van der Waals surface area contributed by atoms with Crippen LogP contribution in [0.4, 0.5) is 0 Å². The van der Waals surface area contributed by atoms with Crippen LogP contribution in [0.3, 0.4) is 0 Å². The van der Waals surface area contributed by atoms with E-state index in [0.29, 0.717) is 0 Å². The summed E-state index contributed by atoms with van der Waals surface area (Å²) in [6.07, 6.45) is -2.54. The molecule has 0 aromatic rings. The first-order chi connectivity index (χ1) is 17.0. The Kier molecular flexibility index (Phi) is 14.4. The van der Waals surface area contributed by atoms with Crippen molar-refractivity contribution in [1.82, 2.24) is 14.7 Å². The summed E-state index contributed by atoms with van der Waals surface area (Å²) < 4.78 is 37.9. The molecule has 1 heterocycles. The predicted molar refractivity (Wildman–Crippen MR) is 138 cm³/mol. The lowest BCUT2D eigenvalue weighted by Gasteiger charge is -2.28. The maximum absolute atomic E-state index is 12.8.